The van der Waals surface area contributed by atoms with Crippen LogP contribution in [0, 0.1) is 13.8 Å². The molecular formula is C17H19N3O4. The highest BCUT2D eigenvalue weighted by molar-refractivity contribution is 6.01. The Morgan fingerprint density at radius 1 is 1.17 bits per heavy atom. The molecular weight excluding hydrogens is 310 g/mol. The number of ether oxygens (including phenoxy) is 1. The molecule has 3 amide bonds. The van der Waals surface area contributed by atoms with Crippen LogP contribution in [0.15, 0.2) is 24.3 Å². The Kier molecular flexibility index (Phi) is 5.13. The second kappa shape index (κ2) is 7.08. The number of pyridine rings is 1. The summed E-state index contributed by atoms with van der Waals surface area (Å²) in [6.07, 6.45) is -1.11. The van der Waals surface area contributed by atoms with Crippen LogP contribution < -0.4 is 10.6 Å². The van der Waals surface area contributed by atoms with Crippen molar-refractivity contribution in [3.8, 4) is 0 Å². The number of aryl methyl sites for hydroxylation is 2. The average Bonchev–Trinajstić information content (AvgIpc) is 2.54. The predicted molar refractivity (Wildman–Crippen MR) is 88.7 cm³/mol. The van der Waals surface area contributed by atoms with Crippen LogP contribution in [0.3, 0.4) is 0 Å². The minimum Gasteiger partial charge on any atom is -0.449 e. The number of esters is 1. The summed E-state index contributed by atoms with van der Waals surface area (Å²) < 4.78 is 5.18. The number of carbonyl (C=O) groups excluding carboxylic acids is 3. The largest absolute Gasteiger partial charge is 0.449 e. The molecule has 0 saturated heterocycles. The maximum Gasteiger partial charge on any atom is 0.341 e. The molecule has 2 rings (SSSR count). The number of rotatable bonds is 3. The summed E-state index contributed by atoms with van der Waals surface area (Å²) >= 11 is 0. The topological polar surface area (TPSA) is 97.4 Å². The molecule has 0 aliphatic heterocycles. The fourth-order valence-corrected chi connectivity index (χ4v) is 2.38. The Morgan fingerprint density at radius 2 is 1.83 bits per heavy atom. The number of urea groups is 1. The summed E-state index contributed by atoms with van der Waals surface area (Å²) in [5, 5.41) is 5.16. The molecule has 0 aliphatic carbocycles. The van der Waals surface area contributed by atoms with Crippen LogP contribution in [0.5, 0.6) is 0 Å². The highest BCUT2D eigenvalue weighted by Crippen LogP contribution is 2.23. The van der Waals surface area contributed by atoms with Crippen LogP contribution in [0.4, 0.5) is 4.79 Å². The van der Waals surface area contributed by atoms with E-state index >= 15 is 0 Å². The molecule has 2 N–H and O–H groups in total. The molecule has 0 radical (unpaired) electrons. The second-order valence-corrected chi connectivity index (χ2v) is 5.33. The molecule has 0 fully saturated rings. The minimum atomic E-state index is -1.11. The summed E-state index contributed by atoms with van der Waals surface area (Å²) in [6, 6.07) is 6.81. The number of hydrogen-bond acceptors (Lipinski definition) is 5. The third-order valence-electron chi connectivity index (χ3n) is 3.65. The van der Waals surface area contributed by atoms with Gasteiger partial charge in [0.05, 0.1) is 16.8 Å². The SMILES string of the molecule is CNC(=O)NC(=O)[C@H](C)OC(=O)c1c(C)nc2ccccc2c1C. The van der Waals surface area contributed by atoms with Crippen molar-refractivity contribution in [3.05, 3.63) is 41.1 Å². The van der Waals surface area contributed by atoms with Crippen molar-refractivity contribution in [2.45, 2.75) is 26.9 Å². The lowest BCUT2D eigenvalue weighted by Gasteiger charge is -2.15. The number of aromatic nitrogens is 1. The van der Waals surface area contributed by atoms with Crippen LogP contribution in [0.25, 0.3) is 10.9 Å². The van der Waals surface area contributed by atoms with Crippen molar-refractivity contribution in [3.63, 3.8) is 0 Å². The smallest absolute Gasteiger partial charge is 0.341 e. The second-order valence-electron chi connectivity index (χ2n) is 5.33. The molecule has 0 aliphatic rings. The average molecular weight is 329 g/mol. The molecule has 126 valence electrons. The van der Waals surface area contributed by atoms with E-state index in [1.165, 1.54) is 14.0 Å². The van der Waals surface area contributed by atoms with Crippen LogP contribution in [-0.4, -0.2) is 36.0 Å². The van der Waals surface area contributed by atoms with Gasteiger partial charge in [0.15, 0.2) is 6.10 Å². The maximum absolute atomic E-state index is 12.5. The highest BCUT2D eigenvalue weighted by Gasteiger charge is 2.24. The van der Waals surface area contributed by atoms with Gasteiger partial charge in [0.2, 0.25) is 0 Å². The quantitative estimate of drug-likeness (QED) is 0.838. The van der Waals surface area contributed by atoms with E-state index in [9.17, 15) is 14.4 Å². The minimum absolute atomic E-state index is 0.327. The van der Waals surface area contributed by atoms with Crippen LogP contribution >= 0.6 is 0 Å². The Morgan fingerprint density at radius 3 is 2.50 bits per heavy atom. The zero-order valence-electron chi connectivity index (χ0n) is 14.0. The van der Waals surface area contributed by atoms with Gasteiger partial charge in [0.25, 0.3) is 5.91 Å². The summed E-state index contributed by atoms with van der Waals surface area (Å²) in [4.78, 5) is 39.8. The van der Waals surface area contributed by atoms with E-state index in [-0.39, 0.29) is 0 Å². The molecule has 1 atom stereocenters. The Hall–Kier alpha value is -2.96. The van der Waals surface area contributed by atoms with Crippen molar-refractivity contribution in [2.75, 3.05) is 7.05 Å². The first-order chi connectivity index (χ1) is 11.3. The number of fused-ring (bicyclic) bond motifs is 1. The van der Waals surface area contributed by atoms with Gasteiger partial charge in [-0.2, -0.15) is 0 Å². The third kappa shape index (κ3) is 3.51. The number of benzene rings is 1. The normalized spacial score (nSPS) is 11.7. The summed E-state index contributed by atoms with van der Waals surface area (Å²) in [6.45, 7) is 4.92. The molecule has 1 heterocycles. The zero-order chi connectivity index (χ0) is 17.9. The van der Waals surface area contributed by atoms with Gasteiger partial charge < -0.3 is 10.1 Å². The number of amides is 3. The van der Waals surface area contributed by atoms with E-state index in [1.54, 1.807) is 6.92 Å². The summed E-state index contributed by atoms with van der Waals surface area (Å²) in [7, 11) is 1.38. The lowest BCUT2D eigenvalue weighted by atomic mass is 10.0. The molecule has 1 aromatic heterocycles. The van der Waals surface area contributed by atoms with E-state index in [1.807, 2.05) is 31.2 Å². The first-order valence-corrected chi connectivity index (χ1v) is 7.44. The molecule has 1 aromatic carbocycles. The standard InChI is InChI=1S/C17H19N3O4/c1-9-12-7-5-6-8-13(12)19-10(2)14(9)16(22)24-11(3)15(21)20-17(23)18-4/h5-8,11H,1-4H3,(H2,18,20,21,23)/t11-/m0/s1. The maximum atomic E-state index is 12.5. The fraction of sp³-hybridized carbons (Fsp3) is 0.294. The monoisotopic (exact) mass is 329 g/mol. The Labute approximate surface area is 139 Å². The molecule has 0 unspecified atom stereocenters. The van der Waals surface area contributed by atoms with E-state index in [4.69, 9.17) is 4.74 Å². The highest BCUT2D eigenvalue weighted by atomic mass is 16.5. The molecule has 0 bridgehead atoms. The summed E-state index contributed by atoms with van der Waals surface area (Å²) in [5.74, 6) is -1.35. The van der Waals surface area contributed by atoms with Gasteiger partial charge in [-0.15, -0.1) is 0 Å². The van der Waals surface area contributed by atoms with Crippen molar-refractivity contribution in [2.24, 2.45) is 0 Å². The first-order valence-electron chi connectivity index (χ1n) is 7.44. The predicted octanol–water partition coefficient (Wildman–Crippen LogP) is 1.85. The fourth-order valence-electron chi connectivity index (χ4n) is 2.38. The summed E-state index contributed by atoms with van der Waals surface area (Å²) in [5.41, 5.74) is 2.37. The van der Waals surface area contributed by atoms with E-state index < -0.39 is 24.0 Å². The molecule has 0 spiro atoms. The van der Waals surface area contributed by atoms with E-state index in [0.29, 0.717) is 11.3 Å². The molecule has 2 aromatic rings. The number of hydrogen-bond donors (Lipinski definition) is 2. The van der Waals surface area contributed by atoms with Crippen LogP contribution in [0.2, 0.25) is 0 Å². The molecule has 24 heavy (non-hydrogen) atoms. The number of carbonyl (C=O) groups is 3. The van der Waals surface area contributed by atoms with Crippen molar-refractivity contribution in [1.82, 2.24) is 15.6 Å². The number of nitrogens with zero attached hydrogens (tertiary/aromatic N) is 1. The van der Waals surface area contributed by atoms with Crippen LogP contribution in [-0.2, 0) is 9.53 Å². The van der Waals surface area contributed by atoms with E-state index in [0.717, 1.165) is 16.5 Å². The van der Waals surface area contributed by atoms with Crippen LogP contribution in [0.1, 0.15) is 28.5 Å². The van der Waals surface area contributed by atoms with Gasteiger partial charge >= 0.3 is 12.0 Å². The van der Waals surface area contributed by atoms with Gasteiger partial charge in [0.1, 0.15) is 0 Å². The zero-order valence-corrected chi connectivity index (χ0v) is 14.0. The number of para-hydroxylation sites is 1. The van der Waals surface area contributed by atoms with E-state index in [2.05, 4.69) is 15.6 Å². The Bertz CT molecular complexity index is 817. The third-order valence-corrected chi connectivity index (χ3v) is 3.65. The van der Waals surface area contributed by atoms with Gasteiger partial charge in [0, 0.05) is 12.4 Å². The van der Waals surface area contributed by atoms with Gasteiger partial charge in [-0.05, 0) is 32.4 Å². The van der Waals surface area contributed by atoms with Crippen molar-refractivity contribution in [1.29, 1.82) is 0 Å². The number of imide groups is 1. The lowest BCUT2D eigenvalue weighted by Crippen LogP contribution is -2.43. The van der Waals surface area contributed by atoms with Gasteiger partial charge in [-0.3, -0.25) is 15.1 Å². The first kappa shape index (κ1) is 17.4. The lowest BCUT2D eigenvalue weighted by molar-refractivity contribution is -0.127. The molecule has 7 nitrogen and oxygen atoms in total. The van der Waals surface area contributed by atoms with Gasteiger partial charge in [-0.1, -0.05) is 18.2 Å². The number of nitrogens with one attached hydrogen (secondary N) is 2. The van der Waals surface area contributed by atoms with Gasteiger partial charge in [-0.25, -0.2) is 9.59 Å². The van der Waals surface area contributed by atoms with Crippen molar-refractivity contribution < 1.29 is 19.1 Å². The Balaban J connectivity index is 2.25. The van der Waals surface area contributed by atoms with Crippen molar-refractivity contribution >= 4 is 28.8 Å². The molecule has 7 heteroatoms. The molecule has 0 saturated carbocycles.